The van der Waals surface area contributed by atoms with E-state index < -0.39 is 16.0 Å². The Bertz CT molecular complexity index is 572. The van der Waals surface area contributed by atoms with Crippen molar-refractivity contribution in [3.63, 3.8) is 0 Å². The first-order chi connectivity index (χ1) is 9.45. The summed E-state index contributed by atoms with van der Waals surface area (Å²) in [5, 5.41) is 8.81. The van der Waals surface area contributed by atoms with Crippen molar-refractivity contribution in [2.45, 2.75) is 30.8 Å². The van der Waals surface area contributed by atoms with Crippen LogP contribution in [0, 0.1) is 0 Å². The van der Waals surface area contributed by atoms with Crippen molar-refractivity contribution in [2.75, 3.05) is 19.7 Å². The van der Waals surface area contributed by atoms with Crippen molar-refractivity contribution in [3.05, 3.63) is 18.0 Å². The van der Waals surface area contributed by atoms with Gasteiger partial charge in [-0.2, -0.15) is 4.31 Å². The van der Waals surface area contributed by atoms with Gasteiger partial charge >= 0.3 is 5.97 Å². The van der Waals surface area contributed by atoms with Crippen molar-refractivity contribution in [1.82, 2.24) is 9.29 Å². The molecule has 112 valence electrons. The quantitative estimate of drug-likeness (QED) is 0.842. The second-order valence-corrected chi connectivity index (χ2v) is 6.55. The van der Waals surface area contributed by atoms with Gasteiger partial charge in [-0.25, -0.2) is 13.2 Å². The van der Waals surface area contributed by atoms with Gasteiger partial charge in [0.1, 0.15) is 10.6 Å². The predicted molar refractivity (Wildman–Crippen MR) is 71.2 cm³/mol. The lowest BCUT2D eigenvalue weighted by Crippen LogP contribution is -2.40. The van der Waals surface area contributed by atoms with Crippen LogP contribution in [0.5, 0.6) is 0 Å². The number of ether oxygens (including phenoxy) is 1. The van der Waals surface area contributed by atoms with Gasteiger partial charge < -0.3 is 14.8 Å². The van der Waals surface area contributed by atoms with Crippen molar-refractivity contribution in [1.29, 1.82) is 0 Å². The van der Waals surface area contributed by atoms with E-state index in [0.29, 0.717) is 32.5 Å². The molecule has 0 aliphatic carbocycles. The zero-order chi connectivity index (χ0) is 14.8. The maximum Gasteiger partial charge on any atom is 0.352 e. The molecule has 2 N–H and O–H groups in total. The highest BCUT2D eigenvalue weighted by molar-refractivity contribution is 7.89. The number of carbonyl (C=O) groups is 1. The highest BCUT2D eigenvalue weighted by Crippen LogP contribution is 2.22. The first-order valence-corrected chi connectivity index (χ1v) is 7.92. The van der Waals surface area contributed by atoms with Gasteiger partial charge in [0.05, 0.1) is 6.10 Å². The Labute approximate surface area is 117 Å². The lowest BCUT2D eigenvalue weighted by atomic mass is 10.1. The van der Waals surface area contributed by atoms with E-state index in [0.717, 1.165) is 6.07 Å². The molecule has 20 heavy (non-hydrogen) atoms. The number of aromatic nitrogens is 1. The average molecular weight is 302 g/mol. The minimum atomic E-state index is -3.63. The smallest absolute Gasteiger partial charge is 0.352 e. The molecule has 0 saturated carbocycles. The molecule has 2 rings (SSSR count). The molecule has 7 nitrogen and oxygen atoms in total. The van der Waals surface area contributed by atoms with E-state index in [1.54, 1.807) is 0 Å². The first-order valence-electron chi connectivity index (χ1n) is 6.48. The number of rotatable bonds is 5. The molecule has 1 saturated heterocycles. The largest absolute Gasteiger partial charge is 0.477 e. The number of nitrogens with zero attached hydrogens (tertiary/aromatic N) is 1. The molecule has 1 aromatic heterocycles. The van der Waals surface area contributed by atoms with Crippen LogP contribution in [0.15, 0.2) is 17.2 Å². The van der Waals surface area contributed by atoms with Crippen molar-refractivity contribution in [3.8, 4) is 0 Å². The third-order valence-electron chi connectivity index (χ3n) is 3.33. The summed E-state index contributed by atoms with van der Waals surface area (Å²) < 4.78 is 31.6. The molecule has 0 atom stereocenters. The summed E-state index contributed by atoms with van der Waals surface area (Å²) in [4.78, 5) is 13.2. The number of sulfonamides is 1. The Morgan fingerprint density at radius 3 is 2.65 bits per heavy atom. The van der Waals surface area contributed by atoms with Crippen molar-refractivity contribution in [2.24, 2.45) is 0 Å². The van der Waals surface area contributed by atoms with Crippen LogP contribution in [-0.4, -0.2) is 54.6 Å². The van der Waals surface area contributed by atoms with E-state index in [1.807, 2.05) is 6.92 Å². The number of piperidine rings is 1. The number of hydrogen-bond acceptors (Lipinski definition) is 4. The number of H-pyrrole nitrogens is 1. The second-order valence-electron chi connectivity index (χ2n) is 4.61. The van der Waals surface area contributed by atoms with Gasteiger partial charge in [-0.15, -0.1) is 0 Å². The molecule has 0 unspecified atom stereocenters. The van der Waals surface area contributed by atoms with Crippen LogP contribution in [-0.2, 0) is 14.8 Å². The highest BCUT2D eigenvalue weighted by atomic mass is 32.2. The summed E-state index contributed by atoms with van der Waals surface area (Å²) in [5.41, 5.74) is -0.132. The molecule has 1 fully saturated rings. The van der Waals surface area contributed by atoms with Crippen LogP contribution in [0.1, 0.15) is 30.3 Å². The Morgan fingerprint density at radius 2 is 2.15 bits per heavy atom. The second kappa shape index (κ2) is 5.94. The zero-order valence-electron chi connectivity index (χ0n) is 11.2. The molecule has 0 bridgehead atoms. The van der Waals surface area contributed by atoms with E-state index in [2.05, 4.69) is 4.98 Å². The van der Waals surface area contributed by atoms with Crippen molar-refractivity contribution < 1.29 is 23.1 Å². The predicted octanol–water partition coefficient (Wildman–Crippen LogP) is 0.903. The van der Waals surface area contributed by atoms with E-state index in [4.69, 9.17) is 9.84 Å². The summed E-state index contributed by atoms with van der Waals surface area (Å²) in [7, 11) is -3.63. The van der Waals surface area contributed by atoms with Crippen LogP contribution in [0.4, 0.5) is 0 Å². The van der Waals surface area contributed by atoms with Gasteiger partial charge in [0.15, 0.2) is 0 Å². The monoisotopic (exact) mass is 302 g/mol. The molecule has 0 radical (unpaired) electrons. The Morgan fingerprint density at radius 1 is 1.50 bits per heavy atom. The molecule has 0 spiro atoms. The third kappa shape index (κ3) is 3.02. The van der Waals surface area contributed by atoms with Gasteiger partial charge in [0.25, 0.3) is 0 Å². The number of aromatic amines is 1. The summed E-state index contributed by atoms with van der Waals surface area (Å²) in [6.45, 7) is 3.31. The van der Waals surface area contributed by atoms with E-state index in [1.165, 1.54) is 10.5 Å². The number of carboxylic acids is 1. The molecule has 8 heteroatoms. The first kappa shape index (κ1) is 15.0. The summed E-state index contributed by atoms with van der Waals surface area (Å²) in [6, 6.07) is 1.15. The van der Waals surface area contributed by atoms with Crippen LogP contribution in [0.2, 0.25) is 0 Å². The molecule has 2 heterocycles. The zero-order valence-corrected chi connectivity index (χ0v) is 12.0. The summed E-state index contributed by atoms with van der Waals surface area (Å²) >= 11 is 0. The lowest BCUT2D eigenvalue weighted by Gasteiger charge is -2.30. The number of carboxylic acid groups (broad SMARTS) is 1. The SMILES string of the molecule is CCOC1CCN(S(=O)(=O)c2c[nH]c(C(=O)O)c2)CC1. The van der Waals surface area contributed by atoms with Gasteiger partial charge in [0, 0.05) is 25.9 Å². The van der Waals surface area contributed by atoms with Gasteiger partial charge in [-0.3, -0.25) is 0 Å². The van der Waals surface area contributed by atoms with Crippen LogP contribution in [0.3, 0.4) is 0 Å². The van der Waals surface area contributed by atoms with Gasteiger partial charge in [-0.1, -0.05) is 0 Å². The minimum absolute atomic E-state index is 0.00948. The van der Waals surface area contributed by atoms with E-state index in [9.17, 15) is 13.2 Å². The Hall–Kier alpha value is -1.38. The standard InChI is InChI=1S/C12H18N2O5S/c1-2-19-9-3-5-14(6-4-9)20(17,18)10-7-11(12(15)16)13-8-10/h7-9,13H,2-6H2,1H3,(H,15,16). The van der Waals surface area contributed by atoms with Gasteiger partial charge in [0.2, 0.25) is 10.0 Å². The van der Waals surface area contributed by atoms with E-state index >= 15 is 0 Å². The number of aromatic carboxylic acids is 1. The van der Waals surface area contributed by atoms with Gasteiger partial charge in [-0.05, 0) is 25.8 Å². The number of hydrogen-bond donors (Lipinski definition) is 2. The number of nitrogens with one attached hydrogen (secondary N) is 1. The maximum absolute atomic E-state index is 12.4. The van der Waals surface area contributed by atoms with Crippen molar-refractivity contribution >= 4 is 16.0 Å². The van der Waals surface area contributed by atoms with Crippen LogP contribution >= 0.6 is 0 Å². The normalized spacial score (nSPS) is 18.2. The fraction of sp³-hybridized carbons (Fsp3) is 0.583. The fourth-order valence-electron chi connectivity index (χ4n) is 2.27. The van der Waals surface area contributed by atoms with E-state index in [-0.39, 0.29) is 16.7 Å². The lowest BCUT2D eigenvalue weighted by molar-refractivity contribution is 0.0290. The van der Waals surface area contributed by atoms with Crippen LogP contribution in [0.25, 0.3) is 0 Å². The molecule has 1 aliphatic rings. The molecular weight excluding hydrogens is 284 g/mol. The Balaban J connectivity index is 2.09. The summed E-state index contributed by atoms with van der Waals surface area (Å²) in [6.07, 6.45) is 2.63. The molecule has 0 aromatic carbocycles. The summed E-state index contributed by atoms with van der Waals surface area (Å²) in [5.74, 6) is -1.18. The molecule has 1 aliphatic heterocycles. The molecule has 1 aromatic rings. The Kier molecular flexibility index (Phi) is 4.46. The fourth-order valence-corrected chi connectivity index (χ4v) is 3.74. The average Bonchev–Trinajstić information content (AvgIpc) is 2.90. The maximum atomic E-state index is 12.4. The molecule has 0 amide bonds. The third-order valence-corrected chi connectivity index (χ3v) is 5.20. The highest BCUT2D eigenvalue weighted by Gasteiger charge is 2.30. The molecular formula is C12H18N2O5S. The minimum Gasteiger partial charge on any atom is -0.477 e. The topological polar surface area (TPSA) is 99.7 Å². The van der Waals surface area contributed by atoms with Crippen LogP contribution < -0.4 is 0 Å².